The van der Waals surface area contributed by atoms with Gasteiger partial charge < -0.3 is 20.0 Å². The number of nitrogens with zero attached hydrogens (tertiary/aromatic N) is 1. The van der Waals surface area contributed by atoms with E-state index >= 15 is 0 Å². The number of para-hydroxylation sites is 1. The van der Waals surface area contributed by atoms with E-state index in [1.54, 1.807) is 42.5 Å². The molecule has 2 heterocycles. The lowest BCUT2D eigenvalue weighted by Crippen LogP contribution is -2.23. The molecule has 4 aromatic rings. The van der Waals surface area contributed by atoms with Crippen molar-refractivity contribution in [3.63, 3.8) is 0 Å². The number of anilines is 1. The van der Waals surface area contributed by atoms with E-state index in [4.69, 9.17) is 4.42 Å². The summed E-state index contributed by atoms with van der Waals surface area (Å²) in [5.74, 6) is 0.242. The molecule has 0 aliphatic rings. The maximum absolute atomic E-state index is 12.2. The van der Waals surface area contributed by atoms with Gasteiger partial charge in [-0.05, 0) is 42.0 Å². The van der Waals surface area contributed by atoms with Gasteiger partial charge in [0, 0.05) is 25.1 Å². The first-order chi connectivity index (χ1) is 15.1. The summed E-state index contributed by atoms with van der Waals surface area (Å²) in [5.41, 5.74) is 1.92. The molecule has 0 saturated carbocycles. The van der Waals surface area contributed by atoms with Crippen molar-refractivity contribution in [2.45, 2.75) is 19.4 Å². The zero-order chi connectivity index (χ0) is 21.6. The second-order valence-corrected chi connectivity index (χ2v) is 6.93. The molecule has 8 nitrogen and oxygen atoms in total. The summed E-state index contributed by atoms with van der Waals surface area (Å²) in [4.78, 5) is 43.4. The zero-order valence-electron chi connectivity index (χ0n) is 16.6. The summed E-state index contributed by atoms with van der Waals surface area (Å²) in [7, 11) is 0. The van der Waals surface area contributed by atoms with Crippen LogP contribution in [0.15, 0.2) is 76.1 Å². The van der Waals surface area contributed by atoms with Crippen LogP contribution in [0.2, 0.25) is 0 Å². The largest absolute Gasteiger partial charge is 0.459 e. The average Bonchev–Trinajstić information content (AvgIpc) is 3.32. The number of aromatic amines is 1. The quantitative estimate of drug-likeness (QED) is 0.428. The molecular formula is C23H20N4O4. The Kier molecular flexibility index (Phi) is 5.89. The molecule has 3 N–H and O–H groups in total. The number of hydrogen-bond acceptors (Lipinski definition) is 5. The first-order valence-electron chi connectivity index (χ1n) is 9.77. The van der Waals surface area contributed by atoms with Crippen molar-refractivity contribution >= 4 is 28.4 Å². The van der Waals surface area contributed by atoms with E-state index in [2.05, 4.69) is 20.6 Å². The summed E-state index contributed by atoms with van der Waals surface area (Å²) in [6.45, 7) is 0.354. The lowest BCUT2D eigenvalue weighted by atomic mass is 10.2. The smallest absolute Gasteiger partial charge is 0.291 e. The summed E-state index contributed by atoms with van der Waals surface area (Å²) in [6.07, 6.45) is 1.98. The summed E-state index contributed by atoms with van der Waals surface area (Å²) in [5, 5.41) is 6.11. The van der Waals surface area contributed by atoms with Crippen molar-refractivity contribution in [2.75, 3.05) is 5.32 Å². The normalized spacial score (nSPS) is 10.7. The standard InChI is InChI=1S/C23H20N4O4/c28-21(12-11-20-26-18-5-2-1-4-17(18)22(29)27-20)24-14-15-7-9-16(10-8-15)25-23(30)19-6-3-13-31-19/h1-10,13H,11-12,14H2,(H,24,28)(H,25,30)(H,26,27,29). The Morgan fingerprint density at radius 2 is 1.81 bits per heavy atom. The molecule has 0 radical (unpaired) electrons. The highest BCUT2D eigenvalue weighted by atomic mass is 16.3. The van der Waals surface area contributed by atoms with Gasteiger partial charge >= 0.3 is 0 Å². The van der Waals surface area contributed by atoms with Gasteiger partial charge in [0.25, 0.3) is 11.5 Å². The van der Waals surface area contributed by atoms with Gasteiger partial charge in [0.15, 0.2) is 5.76 Å². The van der Waals surface area contributed by atoms with Crippen LogP contribution in [0.5, 0.6) is 0 Å². The number of aromatic nitrogens is 2. The SMILES string of the molecule is O=C(CCc1nc2ccccc2c(=O)[nH]1)NCc1ccc(NC(=O)c2ccco2)cc1. The van der Waals surface area contributed by atoms with Crippen LogP contribution in [0.25, 0.3) is 10.9 Å². The molecule has 2 aromatic heterocycles. The molecule has 0 saturated heterocycles. The molecule has 0 unspecified atom stereocenters. The average molecular weight is 416 g/mol. The lowest BCUT2D eigenvalue weighted by Gasteiger charge is -2.08. The minimum absolute atomic E-state index is 0.147. The number of carbonyl (C=O) groups excluding carboxylic acids is 2. The predicted molar refractivity (Wildman–Crippen MR) is 116 cm³/mol. The number of fused-ring (bicyclic) bond motifs is 1. The number of amides is 2. The van der Waals surface area contributed by atoms with Gasteiger partial charge in [-0.1, -0.05) is 24.3 Å². The number of rotatable bonds is 7. The third kappa shape index (κ3) is 5.05. The number of aryl methyl sites for hydroxylation is 1. The predicted octanol–water partition coefficient (Wildman–Crippen LogP) is 3.02. The van der Waals surface area contributed by atoms with Gasteiger partial charge in [0.1, 0.15) is 5.82 Å². The Bertz CT molecular complexity index is 1260. The highest BCUT2D eigenvalue weighted by molar-refractivity contribution is 6.02. The van der Waals surface area contributed by atoms with Crippen LogP contribution in [0.4, 0.5) is 5.69 Å². The molecule has 2 aromatic carbocycles. The summed E-state index contributed by atoms with van der Waals surface area (Å²) >= 11 is 0. The zero-order valence-corrected chi connectivity index (χ0v) is 16.6. The molecular weight excluding hydrogens is 396 g/mol. The molecule has 0 bridgehead atoms. The minimum atomic E-state index is -0.327. The summed E-state index contributed by atoms with van der Waals surface area (Å²) in [6, 6.07) is 17.5. The van der Waals surface area contributed by atoms with Crippen LogP contribution < -0.4 is 16.2 Å². The second-order valence-electron chi connectivity index (χ2n) is 6.93. The molecule has 0 atom stereocenters. The maximum Gasteiger partial charge on any atom is 0.291 e. The van der Waals surface area contributed by atoms with Gasteiger partial charge in [0.05, 0.1) is 17.2 Å². The second kappa shape index (κ2) is 9.08. The summed E-state index contributed by atoms with van der Waals surface area (Å²) < 4.78 is 5.06. The van der Waals surface area contributed by atoms with Crippen molar-refractivity contribution < 1.29 is 14.0 Å². The highest BCUT2D eigenvalue weighted by Gasteiger charge is 2.09. The number of furan rings is 1. The Balaban J connectivity index is 1.27. The van der Waals surface area contributed by atoms with Crippen LogP contribution in [0.3, 0.4) is 0 Å². The van der Waals surface area contributed by atoms with E-state index < -0.39 is 0 Å². The molecule has 0 spiro atoms. The van der Waals surface area contributed by atoms with Gasteiger partial charge in [-0.2, -0.15) is 0 Å². The maximum atomic E-state index is 12.2. The van der Waals surface area contributed by atoms with Gasteiger partial charge in [-0.25, -0.2) is 4.98 Å². The van der Waals surface area contributed by atoms with Crippen molar-refractivity contribution in [1.29, 1.82) is 0 Å². The highest BCUT2D eigenvalue weighted by Crippen LogP contribution is 2.12. The Hall–Kier alpha value is -4.20. The Morgan fingerprint density at radius 3 is 2.58 bits per heavy atom. The van der Waals surface area contributed by atoms with Crippen molar-refractivity contribution in [1.82, 2.24) is 15.3 Å². The molecule has 2 amide bonds. The Labute approximate surface area is 177 Å². The first kappa shape index (κ1) is 20.1. The van der Waals surface area contributed by atoms with Crippen molar-refractivity contribution in [3.05, 3.63) is 94.4 Å². The minimum Gasteiger partial charge on any atom is -0.459 e. The topological polar surface area (TPSA) is 117 Å². The van der Waals surface area contributed by atoms with Gasteiger partial charge in [0.2, 0.25) is 5.91 Å². The van der Waals surface area contributed by atoms with Gasteiger partial charge in [-0.15, -0.1) is 0 Å². The third-order valence-electron chi connectivity index (χ3n) is 4.70. The Morgan fingerprint density at radius 1 is 1.00 bits per heavy atom. The molecule has 0 fully saturated rings. The molecule has 8 heteroatoms. The molecule has 4 rings (SSSR count). The number of H-pyrrole nitrogens is 1. The number of hydrogen-bond donors (Lipinski definition) is 3. The van der Waals surface area contributed by atoms with Crippen molar-refractivity contribution in [3.8, 4) is 0 Å². The number of carbonyl (C=O) groups is 2. The van der Waals surface area contributed by atoms with Crippen LogP contribution in [0.1, 0.15) is 28.4 Å². The number of benzene rings is 2. The third-order valence-corrected chi connectivity index (χ3v) is 4.70. The van der Waals surface area contributed by atoms with E-state index in [0.717, 1.165) is 5.56 Å². The van der Waals surface area contributed by atoms with Crippen LogP contribution >= 0.6 is 0 Å². The number of nitrogens with one attached hydrogen (secondary N) is 3. The fraction of sp³-hybridized carbons (Fsp3) is 0.130. The van der Waals surface area contributed by atoms with E-state index in [-0.39, 0.29) is 29.6 Å². The van der Waals surface area contributed by atoms with E-state index in [9.17, 15) is 14.4 Å². The fourth-order valence-electron chi connectivity index (χ4n) is 3.08. The first-order valence-corrected chi connectivity index (χ1v) is 9.77. The van der Waals surface area contributed by atoms with E-state index in [0.29, 0.717) is 35.4 Å². The fourth-order valence-corrected chi connectivity index (χ4v) is 3.08. The van der Waals surface area contributed by atoms with E-state index in [1.165, 1.54) is 6.26 Å². The lowest BCUT2D eigenvalue weighted by molar-refractivity contribution is -0.121. The van der Waals surface area contributed by atoms with Crippen LogP contribution in [-0.2, 0) is 17.8 Å². The molecule has 0 aliphatic heterocycles. The monoisotopic (exact) mass is 416 g/mol. The molecule has 156 valence electrons. The van der Waals surface area contributed by atoms with E-state index in [1.807, 2.05) is 18.2 Å². The van der Waals surface area contributed by atoms with Crippen molar-refractivity contribution in [2.24, 2.45) is 0 Å². The molecule has 0 aliphatic carbocycles. The molecule has 31 heavy (non-hydrogen) atoms. The van der Waals surface area contributed by atoms with Crippen LogP contribution in [0, 0.1) is 0 Å². The van der Waals surface area contributed by atoms with Gasteiger partial charge in [-0.3, -0.25) is 14.4 Å². The van der Waals surface area contributed by atoms with Crippen LogP contribution in [-0.4, -0.2) is 21.8 Å².